The summed E-state index contributed by atoms with van der Waals surface area (Å²) in [5, 5.41) is 1.11. The number of hydrogen-bond acceptors (Lipinski definition) is 5. The Kier molecular flexibility index (Phi) is 6.74. The third kappa shape index (κ3) is 4.97. The van der Waals surface area contributed by atoms with Crippen molar-refractivity contribution in [2.75, 3.05) is 39.8 Å². The Morgan fingerprint density at radius 1 is 1.03 bits per heavy atom. The molecular weight excluding hydrogens is 430 g/mol. The fraction of sp³-hybridized carbons (Fsp3) is 0.407. The topological polar surface area (TPSA) is 45.7 Å². The molecule has 1 aliphatic carbocycles. The molecule has 5 rings (SSSR count). The lowest BCUT2D eigenvalue weighted by Gasteiger charge is -2.38. The van der Waals surface area contributed by atoms with Gasteiger partial charge in [0.15, 0.2) is 0 Å². The van der Waals surface area contributed by atoms with Crippen molar-refractivity contribution in [2.24, 2.45) is 5.92 Å². The number of allylic oxidation sites excluding steroid dienone is 2. The van der Waals surface area contributed by atoms with Crippen LogP contribution in [-0.4, -0.2) is 60.5 Å². The van der Waals surface area contributed by atoms with Crippen molar-refractivity contribution >= 4 is 27.5 Å². The van der Waals surface area contributed by atoms with Gasteiger partial charge in [0.1, 0.15) is 5.75 Å². The average Bonchev–Trinajstić information content (AvgIpc) is 3.32. The SMILES string of the molecule is COc1ccc(CCN2CCN(C(=O)C3CC=CCC3c3nc4ccccc4s3)CC2)cc1. The molecule has 0 bridgehead atoms. The van der Waals surface area contributed by atoms with Gasteiger partial charge in [0.25, 0.3) is 0 Å². The number of rotatable bonds is 6. The van der Waals surface area contributed by atoms with Crippen molar-refractivity contribution in [3.63, 3.8) is 0 Å². The van der Waals surface area contributed by atoms with E-state index in [-0.39, 0.29) is 11.8 Å². The number of ether oxygens (including phenoxy) is 1. The van der Waals surface area contributed by atoms with Gasteiger partial charge in [0.2, 0.25) is 5.91 Å². The first kappa shape index (κ1) is 22.1. The maximum Gasteiger partial charge on any atom is 0.226 e. The first-order valence-corrected chi connectivity index (χ1v) is 12.7. The summed E-state index contributed by atoms with van der Waals surface area (Å²) in [7, 11) is 1.70. The number of fused-ring (bicyclic) bond motifs is 1. The Bertz CT molecular complexity index is 1080. The van der Waals surface area contributed by atoms with Gasteiger partial charge in [-0.2, -0.15) is 0 Å². The molecule has 0 spiro atoms. The molecule has 2 aromatic carbocycles. The molecule has 1 fully saturated rings. The molecule has 0 saturated carbocycles. The molecule has 5 nitrogen and oxygen atoms in total. The van der Waals surface area contributed by atoms with Crippen LogP contribution < -0.4 is 4.74 Å². The monoisotopic (exact) mass is 461 g/mol. The molecule has 1 aliphatic heterocycles. The Labute approximate surface area is 199 Å². The molecule has 172 valence electrons. The molecule has 6 heteroatoms. The van der Waals surface area contributed by atoms with Crippen LogP contribution in [0.2, 0.25) is 0 Å². The predicted molar refractivity (Wildman–Crippen MR) is 134 cm³/mol. The van der Waals surface area contributed by atoms with Crippen molar-refractivity contribution in [1.82, 2.24) is 14.8 Å². The number of thiazole rings is 1. The van der Waals surface area contributed by atoms with Crippen LogP contribution in [0.3, 0.4) is 0 Å². The molecule has 1 saturated heterocycles. The zero-order valence-electron chi connectivity index (χ0n) is 19.2. The van der Waals surface area contributed by atoms with Crippen LogP contribution in [0, 0.1) is 5.92 Å². The number of hydrogen-bond donors (Lipinski definition) is 0. The van der Waals surface area contributed by atoms with E-state index >= 15 is 0 Å². The van der Waals surface area contributed by atoms with Crippen molar-refractivity contribution in [1.29, 1.82) is 0 Å². The minimum atomic E-state index is 0.00131. The molecule has 2 aliphatic rings. The molecule has 0 radical (unpaired) electrons. The van der Waals surface area contributed by atoms with Gasteiger partial charge in [-0.1, -0.05) is 36.4 Å². The average molecular weight is 462 g/mol. The summed E-state index contributed by atoms with van der Waals surface area (Å²) < 4.78 is 6.45. The molecule has 0 N–H and O–H groups in total. The Balaban J connectivity index is 1.18. The second kappa shape index (κ2) is 10.1. The first-order chi connectivity index (χ1) is 16.2. The smallest absolute Gasteiger partial charge is 0.226 e. The summed E-state index contributed by atoms with van der Waals surface area (Å²) in [5.41, 5.74) is 2.37. The Hall–Kier alpha value is -2.70. The van der Waals surface area contributed by atoms with Crippen LogP contribution in [0.15, 0.2) is 60.7 Å². The zero-order valence-corrected chi connectivity index (χ0v) is 20.0. The summed E-state index contributed by atoms with van der Waals surface area (Å²) in [6.45, 7) is 4.53. The number of aromatic nitrogens is 1. The Morgan fingerprint density at radius 2 is 1.79 bits per heavy atom. The van der Waals surface area contributed by atoms with Crippen LogP contribution in [0.5, 0.6) is 5.75 Å². The highest BCUT2D eigenvalue weighted by Crippen LogP contribution is 2.39. The molecule has 2 unspecified atom stereocenters. The number of carbonyl (C=O) groups is 1. The number of nitrogens with zero attached hydrogens (tertiary/aromatic N) is 3. The minimum absolute atomic E-state index is 0.00131. The van der Waals surface area contributed by atoms with Crippen molar-refractivity contribution < 1.29 is 9.53 Å². The van der Waals surface area contributed by atoms with E-state index in [9.17, 15) is 4.79 Å². The van der Waals surface area contributed by atoms with E-state index in [0.29, 0.717) is 5.91 Å². The molecule has 2 atom stereocenters. The summed E-state index contributed by atoms with van der Waals surface area (Å²) in [6.07, 6.45) is 7.13. The van der Waals surface area contributed by atoms with E-state index in [1.54, 1.807) is 18.4 Å². The lowest BCUT2D eigenvalue weighted by molar-refractivity contribution is -0.138. The number of methoxy groups -OCH3 is 1. The number of benzene rings is 2. The predicted octanol–water partition coefficient (Wildman–Crippen LogP) is 4.74. The Morgan fingerprint density at radius 3 is 2.55 bits per heavy atom. The summed E-state index contributed by atoms with van der Waals surface area (Å²) in [6, 6.07) is 16.6. The standard InChI is InChI=1S/C27H31N3O2S/c1-32-21-12-10-20(11-13-21)14-15-29-16-18-30(19-17-29)27(31)23-7-3-2-6-22(23)26-28-24-8-4-5-9-25(24)33-26/h2-5,8-13,22-23H,6-7,14-19H2,1H3. The third-order valence-electron chi connectivity index (χ3n) is 6.94. The van der Waals surface area contributed by atoms with E-state index in [2.05, 4.69) is 52.3 Å². The van der Waals surface area contributed by atoms with E-state index in [1.807, 2.05) is 18.2 Å². The van der Waals surface area contributed by atoms with E-state index in [1.165, 1.54) is 10.3 Å². The summed E-state index contributed by atoms with van der Waals surface area (Å²) in [5.74, 6) is 1.39. The quantitative estimate of drug-likeness (QED) is 0.498. The maximum atomic E-state index is 13.5. The van der Waals surface area contributed by atoms with Crippen LogP contribution in [0.1, 0.15) is 29.3 Å². The molecule has 1 aromatic heterocycles. The van der Waals surface area contributed by atoms with Crippen LogP contribution in [-0.2, 0) is 11.2 Å². The molecule has 2 heterocycles. The summed E-state index contributed by atoms with van der Waals surface area (Å²) in [4.78, 5) is 23.0. The van der Waals surface area contributed by atoms with E-state index in [0.717, 1.165) is 68.3 Å². The lowest BCUT2D eigenvalue weighted by atomic mass is 9.82. The van der Waals surface area contributed by atoms with Gasteiger partial charge in [0.05, 0.1) is 28.3 Å². The third-order valence-corrected chi connectivity index (χ3v) is 8.11. The van der Waals surface area contributed by atoms with Gasteiger partial charge < -0.3 is 9.64 Å². The van der Waals surface area contributed by atoms with Gasteiger partial charge in [-0.25, -0.2) is 4.98 Å². The highest BCUT2D eigenvalue weighted by Gasteiger charge is 2.35. The fourth-order valence-electron chi connectivity index (χ4n) is 4.91. The normalized spacial score (nSPS) is 21.4. The largest absolute Gasteiger partial charge is 0.497 e. The number of piperazine rings is 1. The maximum absolute atomic E-state index is 13.5. The van der Waals surface area contributed by atoms with Gasteiger partial charge in [-0.15, -0.1) is 11.3 Å². The molecular formula is C27H31N3O2S. The lowest BCUT2D eigenvalue weighted by Crippen LogP contribution is -2.51. The van der Waals surface area contributed by atoms with Crippen molar-refractivity contribution in [3.05, 3.63) is 71.3 Å². The molecule has 1 amide bonds. The number of amides is 1. The highest BCUT2D eigenvalue weighted by molar-refractivity contribution is 7.18. The molecule has 3 aromatic rings. The van der Waals surface area contributed by atoms with E-state index < -0.39 is 0 Å². The second-order valence-corrected chi connectivity index (χ2v) is 10.0. The van der Waals surface area contributed by atoms with Crippen LogP contribution in [0.4, 0.5) is 0 Å². The van der Waals surface area contributed by atoms with Crippen molar-refractivity contribution in [2.45, 2.75) is 25.2 Å². The zero-order chi connectivity index (χ0) is 22.6. The van der Waals surface area contributed by atoms with Crippen LogP contribution in [0.25, 0.3) is 10.2 Å². The highest BCUT2D eigenvalue weighted by atomic mass is 32.1. The number of carbonyl (C=O) groups excluding carboxylic acids is 1. The van der Waals surface area contributed by atoms with Gasteiger partial charge in [-0.3, -0.25) is 9.69 Å². The van der Waals surface area contributed by atoms with Gasteiger partial charge in [-0.05, 0) is 49.1 Å². The van der Waals surface area contributed by atoms with E-state index in [4.69, 9.17) is 9.72 Å². The number of para-hydroxylation sites is 1. The first-order valence-electron chi connectivity index (χ1n) is 11.9. The van der Waals surface area contributed by atoms with Crippen molar-refractivity contribution in [3.8, 4) is 5.75 Å². The van der Waals surface area contributed by atoms with Gasteiger partial charge in [0, 0.05) is 38.6 Å². The minimum Gasteiger partial charge on any atom is -0.497 e. The molecule has 33 heavy (non-hydrogen) atoms. The van der Waals surface area contributed by atoms with Crippen LogP contribution >= 0.6 is 11.3 Å². The summed E-state index contributed by atoms with van der Waals surface area (Å²) >= 11 is 1.75. The second-order valence-electron chi connectivity index (χ2n) is 8.94. The fourth-order valence-corrected chi connectivity index (χ4v) is 6.06. The van der Waals surface area contributed by atoms with Gasteiger partial charge >= 0.3 is 0 Å².